The minimum Gasteiger partial charge on any atom is -0.396 e. The van der Waals surface area contributed by atoms with Gasteiger partial charge >= 0.3 is 0 Å². The summed E-state index contributed by atoms with van der Waals surface area (Å²) in [6.07, 6.45) is 3.54. The molecule has 0 amide bonds. The van der Waals surface area contributed by atoms with Crippen LogP contribution in [0.1, 0.15) is 44.2 Å². The lowest BCUT2D eigenvalue weighted by atomic mass is 9.98. The van der Waals surface area contributed by atoms with Crippen molar-refractivity contribution in [1.82, 2.24) is 5.32 Å². The van der Waals surface area contributed by atoms with Gasteiger partial charge in [-0.25, -0.2) is 0 Å². The summed E-state index contributed by atoms with van der Waals surface area (Å²) >= 11 is 0. The van der Waals surface area contributed by atoms with Gasteiger partial charge in [-0.3, -0.25) is 0 Å². The number of nitrogens with zero attached hydrogens (tertiary/aromatic N) is 1. The first-order valence-corrected chi connectivity index (χ1v) is 7.08. The average molecular weight is 260 g/mol. The number of rotatable bonds is 9. The fourth-order valence-corrected chi connectivity index (χ4v) is 2.33. The van der Waals surface area contributed by atoms with Crippen LogP contribution < -0.4 is 5.32 Å². The van der Waals surface area contributed by atoms with E-state index in [4.69, 9.17) is 10.4 Å². The van der Waals surface area contributed by atoms with Crippen LogP contribution in [0.5, 0.6) is 0 Å². The van der Waals surface area contributed by atoms with E-state index in [1.165, 1.54) is 0 Å². The Bertz CT molecular complexity index is 366. The Labute approximate surface area is 116 Å². The molecule has 1 aromatic carbocycles. The molecule has 104 valence electrons. The molecule has 0 spiro atoms. The summed E-state index contributed by atoms with van der Waals surface area (Å²) in [7, 11) is 0. The van der Waals surface area contributed by atoms with Gasteiger partial charge in [-0.2, -0.15) is 5.26 Å². The molecule has 2 N–H and O–H groups in total. The SMILES string of the molecule is CCCC(CCO)CNC(CC#N)c1ccccc1. The first kappa shape index (κ1) is 15.7. The average Bonchev–Trinajstić information content (AvgIpc) is 2.44. The van der Waals surface area contributed by atoms with Gasteiger partial charge < -0.3 is 10.4 Å². The van der Waals surface area contributed by atoms with E-state index in [1.807, 2.05) is 18.2 Å². The van der Waals surface area contributed by atoms with Crippen LogP contribution in [0.3, 0.4) is 0 Å². The van der Waals surface area contributed by atoms with Crippen molar-refractivity contribution in [2.75, 3.05) is 13.2 Å². The van der Waals surface area contributed by atoms with E-state index < -0.39 is 0 Å². The van der Waals surface area contributed by atoms with Crippen molar-refractivity contribution in [2.24, 2.45) is 5.92 Å². The number of benzene rings is 1. The third-order valence-electron chi connectivity index (χ3n) is 3.38. The van der Waals surface area contributed by atoms with E-state index in [0.717, 1.165) is 31.4 Å². The summed E-state index contributed by atoms with van der Waals surface area (Å²) < 4.78 is 0. The van der Waals surface area contributed by atoms with Crippen LogP contribution in [0.15, 0.2) is 30.3 Å². The molecule has 0 aromatic heterocycles. The molecule has 0 heterocycles. The second-order valence-electron chi connectivity index (χ2n) is 4.90. The van der Waals surface area contributed by atoms with Crippen molar-refractivity contribution in [3.8, 4) is 6.07 Å². The van der Waals surface area contributed by atoms with Crippen LogP contribution in [0.25, 0.3) is 0 Å². The zero-order valence-corrected chi connectivity index (χ0v) is 11.7. The van der Waals surface area contributed by atoms with Crippen molar-refractivity contribution in [3.63, 3.8) is 0 Å². The van der Waals surface area contributed by atoms with E-state index in [-0.39, 0.29) is 12.6 Å². The minimum absolute atomic E-state index is 0.0873. The molecule has 2 atom stereocenters. The van der Waals surface area contributed by atoms with Gasteiger partial charge in [-0.1, -0.05) is 43.7 Å². The monoisotopic (exact) mass is 260 g/mol. The van der Waals surface area contributed by atoms with Crippen LogP contribution in [0.2, 0.25) is 0 Å². The highest BCUT2D eigenvalue weighted by Crippen LogP contribution is 2.18. The topological polar surface area (TPSA) is 56.0 Å². The van der Waals surface area contributed by atoms with Gasteiger partial charge in [0.2, 0.25) is 0 Å². The molecule has 1 aromatic rings. The van der Waals surface area contributed by atoms with E-state index >= 15 is 0 Å². The number of hydrogen-bond acceptors (Lipinski definition) is 3. The van der Waals surface area contributed by atoms with Crippen LogP contribution in [-0.2, 0) is 0 Å². The minimum atomic E-state index is 0.0873. The number of hydrogen-bond donors (Lipinski definition) is 2. The molecule has 1 rings (SSSR count). The Morgan fingerprint density at radius 2 is 2.00 bits per heavy atom. The lowest BCUT2D eigenvalue weighted by molar-refractivity contribution is 0.245. The second-order valence-corrected chi connectivity index (χ2v) is 4.90. The Balaban J connectivity index is 2.56. The molecule has 19 heavy (non-hydrogen) atoms. The number of aliphatic hydroxyl groups excluding tert-OH is 1. The third-order valence-corrected chi connectivity index (χ3v) is 3.38. The smallest absolute Gasteiger partial charge is 0.0641 e. The predicted molar refractivity (Wildman–Crippen MR) is 77.5 cm³/mol. The van der Waals surface area contributed by atoms with Gasteiger partial charge in [0.1, 0.15) is 0 Å². The zero-order valence-electron chi connectivity index (χ0n) is 11.7. The van der Waals surface area contributed by atoms with Crippen LogP contribution in [0.4, 0.5) is 0 Å². The van der Waals surface area contributed by atoms with E-state index in [2.05, 4.69) is 30.4 Å². The van der Waals surface area contributed by atoms with Crippen LogP contribution >= 0.6 is 0 Å². The van der Waals surface area contributed by atoms with Crippen LogP contribution in [-0.4, -0.2) is 18.3 Å². The largest absolute Gasteiger partial charge is 0.396 e. The Morgan fingerprint density at radius 1 is 1.26 bits per heavy atom. The first-order valence-electron chi connectivity index (χ1n) is 7.08. The predicted octanol–water partition coefficient (Wildman–Crippen LogP) is 3.03. The first-order chi connectivity index (χ1) is 9.31. The highest BCUT2D eigenvalue weighted by atomic mass is 16.3. The maximum atomic E-state index is 9.07. The molecule has 3 heteroatoms. The second kappa shape index (κ2) is 9.55. The molecule has 0 bridgehead atoms. The van der Waals surface area contributed by atoms with Crippen molar-refractivity contribution >= 4 is 0 Å². The van der Waals surface area contributed by atoms with Gasteiger partial charge in [0.05, 0.1) is 12.5 Å². The molecular weight excluding hydrogens is 236 g/mol. The Kier molecular flexibility index (Phi) is 7.88. The molecule has 0 radical (unpaired) electrons. The summed E-state index contributed by atoms with van der Waals surface area (Å²) in [5, 5.41) is 21.5. The van der Waals surface area contributed by atoms with Crippen molar-refractivity contribution < 1.29 is 5.11 Å². The fourth-order valence-electron chi connectivity index (χ4n) is 2.33. The van der Waals surface area contributed by atoms with Crippen LogP contribution in [0, 0.1) is 17.2 Å². The molecular formula is C16H24N2O. The number of nitriles is 1. The molecule has 0 fully saturated rings. The summed E-state index contributed by atoms with van der Waals surface area (Å²) in [5.74, 6) is 0.486. The molecule has 0 aliphatic rings. The third kappa shape index (κ3) is 5.87. The van der Waals surface area contributed by atoms with Crippen molar-refractivity contribution in [2.45, 2.75) is 38.6 Å². The number of aliphatic hydroxyl groups is 1. The van der Waals surface area contributed by atoms with Gasteiger partial charge in [0.15, 0.2) is 0 Å². The summed E-state index contributed by atoms with van der Waals surface area (Å²) in [6.45, 7) is 3.25. The molecule has 0 aliphatic carbocycles. The standard InChI is InChI=1S/C16H24N2O/c1-2-6-14(10-12-19)13-18-16(9-11-17)15-7-4-3-5-8-15/h3-5,7-8,14,16,18-19H,2,6,9-10,12-13H2,1H3. The number of nitrogens with one attached hydrogen (secondary N) is 1. The van der Waals surface area contributed by atoms with E-state index in [9.17, 15) is 0 Å². The quantitative estimate of drug-likeness (QED) is 0.717. The van der Waals surface area contributed by atoms with Crippen molar-refractivity contribution in [1.29, 1.82) is 5.26 Å². The summed E-state index contributed by atoms with van der Waals surface area (Å²) in [4.78, 5) is 0. The van der Waals surface area contributed by atoms with Gasteiger partial charge in [-0.05, 0) is 30.9 Å². The molecule has 0 saturated heterocycles. The lowest BCUT2D eigenvalue weighted by Gasteiger charge is -2.21. The van der Waals surface area contributed by atoms with Gasteiger partial charge in [0.25, 0.3) is 0 Å². The Hall–Kier alpha value is -1.37. The highest BCUT2D eigenvalue weighted by Gasteiger charge is 2.13. The zero-order chi connectivity index (χ0) is 13.9. The van der Waals surface area contributed by atoms with Gasteiger partial charge in [0, 0.05) is 12.6 Å². The summed E-state index contributed by atoms with van der Waals surface area (Å²) in [6, 6.07) is 12.4. The maximum absolute atomic E-state index is 9.07. The normalized spacial score (nSPS) is 13.7. The molecule has 3 nitrogen and oxygen atoms in total. The highest BCUT2D eigenvalue weighted by molar-refractivity contribution is 5.19. The molecule has 2 unspecified atom stereocenters. The fraction of sp³-hybridized carbons (Fsp3) is 0.562. The Morgan fingerprint density at radius 3 is 2.58 bits per heavy atom. The maximum Gasteiger partial charge on any atom is 0.0641 e. The molecule has 0 aliphatic heterocycles. The van der Waals surface area contributed by atoms with E-state index in [1.54, 1.807) is 0 Å². The molecule has 0 saturated carbocycles. The lowest BCUT2D eigenvalue weighted by Crippen LogP contribution is -2.28. The summed E-state index contributed by atoms with van der Waals surface area (Å²) in [5.41, 5.74) is 1.16. The van der Waals surface area contributed by atoms with Gasteiger partial charge in [-0.15, -0.1) is 0 Å². The van der Waals surface area contributed by atoms with E-state index in [0.29, 0.717) is 12.3 Å². The van der Waals surface area contributed by atoms with Crippen molar-refractivity contribution in [3.05, 3.63) is 35.9 Å².